The Morgan fingerprint density at radius 2 is 1.90 bits per heavy atom. The van der Waals surface area contributed by atoms with Gasteiger partial charge in [-0.3, -0.25) is 4.79 Å². The molecule has 0 aliphatic heterocycles. The smallest absolute Gasteiger partial charge is 0.244 e. The molecule has 0 unspecified atom stereocenters. The largest absolute Gasteiger partial charge is 0.508 e. The lowest BCUT2D eigenvalue weighted by Gasteiger charge is -2.03. The number of carbonyl (C=O) groups excluding carboxylic acids is 1. The SMILES string of the molecule is CC(=NNC(=O)Cc1ccccc1)c1cccc(O)c1. The molecule has 1 amide bonds. The first kappa shape index (κ1) is 13.8. The average molecular weight is 268 g/mol. The summed E-state index contributed by atoms with van der Waals surface area (Å²) < 4.78 is 0. The van der Waals surface area contributed by atoms with E-state index >= 15 is 0 Å². The third-order valence-corrected chi connectivity index (χ3v) is 2.82. The van der Waals surface area contributed by atoms with Crippen LogP contribution in [0.25, 0.3) is 0 Å². The average Bonchev–Trinajstić information content (AvgIpc) is 2.46. The monoisotopic (exact) mass is 268 g/mol. The van der Waals surface area contributed by atoms with Crippen molar-refractivity contribution in [3.63, 3.8) is 0 Å². The molecule has 2 rings (SSSR count). The van der Waals surface area contributed by atoms with Gasteiger partial charge in [0.2, 0.25) is 5.91 Å². The Morgan fingerprint density at radius 3 is 2.60 bits per heavy atom. The van der Waals surface area contributed by atoms with Crippen molar-refractivity contribution < 1.29 is 9.90 Å². The minimum Gasteiger partial charge on any atom is -0.508 e. The molecule has 0 atom stereocenters. The minimum atomic E-state index is -0.171. The second-order valence-electron chi connectivity index (χ2n) is 4.44. The van der Waals surface area contributed by atoms with Crippen LogP contribution in [-0.2, 0) is 11.2 Å². The Bertz CT molecular complexity index is 621. The maximum atomic E-state index is 11.7. The number of hydrogen-bond acceptors (Lipinski definition) is 3. The maximum Gasteiger partial charge on any atom is 0.244 e. The molecule has 0 saturated heterocycles. The zero-order chi connectivity index (χ0) is 14.4. The van der Waals surface area contributed by atoms with Crippen LogP contribution < -0.4 is 5.43 Å². The van der Waals surface area contributed by atoms with Gasteiger partial charge in [-0.2, -0.15) is 5.10 Å². The molecule has 0 fully saturated rings. The molecule has 0 spiro atoms. The molecule has 2 N–H and O–H groups in total. The van der Waals surface area contributed by atoms with Crippen molar-refractivity contribution in [2.45, 2.75) is 13.3 Å². The van der Waals surface area contributed by atoms with E-state index in [1.165, 1.54) is 0 Å². The second-order valence-corrected chi connectivity index (χ2v) is 4.44. The standard InChI is InChI=1S/C16H16N2O2/c1-12(14-8-5-9-15(19)11-14)17-18-16(20)10-13-6-3-2-4-7-13/h2-9,11,19H,10H2,1H3,(H,18,20). The highest BCUT2D eigenvalue weighted by Crippen LogP contribution is 2.11. The second kappa shape index (κ2) is 6.52. The van der Waals surface area contributed by atoms with Gasteiger partial charge in [0.15, 0.2) is 0 Å². The van der Waals surface area contributed by atoms with Crippen molar-refractivity contribution in [3.05, 3.63) is 65.7 Å². The van der Waals surface area contributed by atoms with Crippen LogP contribution in [0.15, 0.2) is 59.7 Å². The van der Waals surface area contributed by atoms with E-state index in [1.807, 2.05) is 36.4 Å². The molecular weight excluding hydrogens is 252 g/mol. The number of nitrogens with one attached hydrogen (secondary N) is 1. The number of amides is 1. The summed E-state index contributed by atoms with van der Waals surface area (Å²) in [5, 5.41) is 13.4. The van der Waals surface area contributed by atoms with E-state index in [0.29, 0.717) is 5.71 Å². The summed E-state index contributed by atoms with van der Waals surface area (Å²) >= 11 is 0. The van der Waals surface area contributed by atoms with Crippen LogP contribution in [0.4, 0.5) is 0 Å². The fourth-order valence-corrected chi connectivity index (χ4v) is 1.76. The fourth-order valence-electron chi connectivity index (χ4n) is 1.76. The number of hydrazone groups is 1. The van der Waals surface area contributed by atoms with E-state index < -0.39 is 0 Å². The van der Waals surface area contributed by atoms with Gasteiger partial charge in [0, 0.05) is 5.56 Å². The molecule has 2 aromatic rings. The van der Waals surface area contributed by atoms with Crippen LogP contribution >= 0.6 is 0 Å². The molecule has 0 aliphatic carbocycles. The lowest BCUT2D eigenvalue weighted by atomic mass is 10.1. The molecule has 4 heteroatoms. The zero-order valence-corrected chi connectivity index (χ0v) is 11.2. The van der Waals surface area contributed by atoms with Gasteiger partial charge in [0.05, 0.1) is 12.1 Å². The van der Waals surface area contributed by atoms with Gasteiger partial charge in [0.1, 0.15) is 5.75 Å². The zero-order valence-electron chi connectivity index (χ0n) is 11.2. The van der Waals surface area contributed by atoms with E-state index in [2.05, 4.69) is 10.5 Å². The number of rotatable bonds is 4. The Kier molecular flexibility index (Phi) is 4.50. The summed E-state index contributed by atoms with van der Waals surface area (Å²) in [7, 11) is 0. The van der Waals surface area contributed by atoms with Crippen molar-refractivity contribution in [1.29, 1.82) is 0 Å². The van der Waals surface area contributed by atoms with Crippen LogP contribution in [0.2, 0.25) is 0 Å². The van der Waals surface area contributed by atoms with Crippen molar-refractivity contribution >= 4 is 11.6 Å². The molecule has 0 radical (unpaired) electrons. The Hall–Kier alpha value is -2.62. The van der Waals surface area contributed by atoms with Gasteiger partial charge >= 0.3 is 0 Å². The highest BCUT2D eigenvalue weighted by molar-refractivity contribution is 5.99. The molecule has 0 aromatic heterocycles. The van der Waals surface area contributed by atoms with Crippen LogP contribution in [0.5, 0.6) is 5.75 Å². The number of phenolic OH excluding ortho intramolecular Hbond substituents is 1. The van der Waals surface area contributed by atoms with Gasteiger partial charge in [-0.05, 0) is 24.6 Å². The van der Waals surface area contributed by atoms with Crippen molar-refractivity contribution in [2.75, 3.05) is 0 Å². The van der Waals surface area contributed by atoms with E-state index in [-0.39, 0.29) is 18.1 Å². The third kappa shape index (κ3) is 3.95. The number of nitrogens with zero attached hydrogens (tertiary/aromatic N) is 1. The molecule has 0 heterocycles. The first-order valence-corrected chi connectivity index (χ1v) is 6.31. The Labute approximate surface area is 117 Å². The predicted octanol–water partition coefficient (Wildman–Crippen LogP) is 2.48. The minimum absolute atomic E-state index is 0.171. The Balaban J connectivity index is 1.97. The van der Waals surface area contributed by atoms with Crippen molar-refractivity contribution in [2.24, 2.45) is 5.10 Å². The highest BCUT2D eigenvalue weighted by Gasteiger charge is 2.03. The quantitative estimate of drug-likeness (QED) is 0.661. The number of carbonyl (C=O) groups is 1. The molecule has 0 bridgehead atoms. The summed E-state index contributed by atoms with van der Waals surface area (Å²) in [6, 6.07) is 16.2. The molecule has 0 saturated carbocycles. The maximum absolute atomic E-state index is 11.7. The molecular formula is C16H16N2O2. The summed E-state index contributed by atoms with van der Waals surface area (Å²) in [4.78, 5) is 11.7. The van der Waals surface area contributed by atoms with Gasteiger partial charge in [-0.1, -0.05) is 42.5 Å². The van der Waals surface area contributed by atoms with Crippen LogP contribution in [-0.4, -0.2) is 16.7 Å². The lowest BCUT2D eigenvalue weighted by molar-refractivity contribution is -0.120. The number of phenols is 1. The first-order chi connectivity index (χ1) is 9.65. The molecule has 0 aliphatic rings. The first-order valence-electron chi connectivity index (χ1n) is 6.31. The predicted molar refractivity (Wildman–Crippen MR) is 78.6 cm³/mol. The summed E-state index contributed by atoms with van der Waals surface area (Å²) in [6.07, 6.45) is 0.289. The molecule has 4 nitrogen and oxygen atoms in total. The summed E-state index contributed by atoms with van der Waals surface area (Å²) in [5.41, 5.74) is 4.87. The molecule has 20 heavy (non-hydrogen) atoms. The van der Waals surface area contributed by atoms with Crippen molar-refractivity contribution in [1.82, 2.24) is 5.43 Å². The fraction of sp³-hybridized carbons (Fsp3) is 0.125. The normalized spacial score (nSPS) is 11.2. The van der Waals surface area contributed by atoms with Crippen LogP contribution in [0.1, 0.15) is 18.1 Å². The summed E-state index contributed by atoms with van der Waals surface area (Å²) in [5.74, 6) is 0.00312. The van der Waals surface area contributed by atoms with Gasteiger partial charge in [0.25, 0.3) is 0 Å². The highest BCUT2D eigenvalue weighted by atomic mass is 16.3. The van der Waals surface area contributed by atoms with Crippen LogP contribution in [0.3, 0.4) is 0 Å². The number of benzene rings is 2. The van der Waals surface area contributed by atoms with Gasteiger partial charge in [-0.15, -0.1) is 0 Å². The van der Waals surface area contributed by atoms with Crippen molar-refractivity contribution in [3.8, 4) is 5.75 Å². The van der Waals surface area contributed by atoms with Crippen LogP contribution in [0, 0.1) is 0 Å². The van der Waals surface area contributed by atoms with Gasteiger partial charge in [-0.25, -0.2) is 5.43 Å². The topological polar surface area (TPSA) is 61.7 Å². The van der Waals surface area contributed by atoms with E-state index in [9.17, 15) is 9.90 Å². The van der Waals surface area contributed by atoms with Gasteiger partial charge < -0.3 is 5.11 Å². The summed E-state index contributed by atoms with van der Waals surface area (Å²) in [6.45, 7) is 1.78. The number of aromatic hydroxyl groups is 1. The third-order valence-electron chi connectivity index (χ3n) is 2.82. The van der Waals surface area contributed by atoms with E-state index in [4.69, 9.17) is 0 Å². The van der Waals surface area contributed by atoms with E-state index in [0.717, 1.165) is 11.1 Å². The molecule has 102 valence electrons. The molecule has 2 aromatic carbocycles. The Morgan fingerprint density at radius 1 is 1.15 bits per heavy atom. The number of hydrogen-bond donors (Lipinski definition) is 2. The lowest BCUT2D eigenvalue weighted by Crippen LogP contribution is -2.21. The van der Waals surface area contributed by atoms with E-state index in [1.54, 1.807) is 25.1 Å².